The average molecular weight is 246 g/mol. The summed E-state index contributed by atoms with van der Waals surface area (Å²) in [5, 5.41) is 6.08. The lowest BCUT2D eigenvalue weighted by atomic mass is 10.0. The first kappa shape index (κ1) is 12.9. The maximum atomic E-state index is 11.9. The highest BCUT2D eigenvalue weighted by molar-refractivity contribution is 5.76. The molecule has 1 aliphatic carbocycles. The van der Waals surface area contributed by atoms with Crippen molar-refractivity contribution in [3.63, 3.8) is 0 Å². The van der Waals surface area contributed by atoms with Crippen LogP contribution < -0.4 is 10.6 Å². The molecule has 1 unspecified atom stereocenters. The number of amides is 2. The molecule has 1 aromatic rings. The summed E-state index contributed by atoms with van der Waals surface area (Å²) in [6.07, 6.45) is 3.01. The number of carbonyl (C=O) groups is 1. The third-order valence-corrected chi connectivity index (χ3v) is 3.70. The van der Waals surface area contributed by atoms with Crippen molar-refractivity contribution < 1.29 is 4.79 Å². The fourth-order valence-electron chi connectivity index (χ4n) is 2.06. The topological polar surface area (TPSA) is 41.1 Å². The Kier molecular flexibility index (Phi) is 3.60. The molecule has 0 saturated heterocycles. The summed E-state index contributed by atoms with van der Waals surface area (Å²) in [6, 6.07) is 8.60. The fourth-order valence-corrected chi connectivity index (χ4v) is 2.06. The van der Waals surface area contributed by atoms with Crippen LogP contribution in [0.15, 0.2) is 24.3 Å². The van der Waals surface area contributed by atoms with Crippen molar-refractivity contribution in [3.05, 3.63) is 35.4 Å². The molecule has 0 aromatic heterocycles. The Morgan fingerprint density at radius 3 is 2.44 bits per heavy atom. The van der Waals surface area contributed by atoms with Gasteiger partial charge in [-0.25, -0.2) is 4.79 Å². The van der Waals surface area contributed by atoms with Gasteiger partial charge in [-0.1, -0.05) is 36.8 Å². The number of aryl methyl sites for hydroxylation is 1. The van der Waals surface area contributed by atoms with E-state index in [9.17, 15) is 4.79 Å². The van der Waals surface area contributed by atoms with Crippen LogP contribution >= 0.6 is 0 Å². The molecule has 1 atom stereocenters. The van der Waals surface area contributed by atoms with Crippen LogP contribution in [0.3, 0.4) is 0 Å². The highest BCUT2D eigenvalue weighted by atomic mass is 16.2. The first-order valence-electron chi connectivity index (χ1n) is 6.71. The SMILES string of the molecule is CCC(C)NC(=O)NC1(c2ccc(C)cc2)CC1. The first-order chi connectivity index (χ1) is 8.55. The summed E-state index contributed by atoms with van der Waals surface area (Å²) in [5.74, 6) is 0. The molecule has 0 spiro atoms. The van der Waals surface area contributed by atoms with E-state index in [4.69, 9.17) is 0 Å². The predicted octanol–water partition coefficient (Wildman–Crippen LogP) is 3.08. The predicted molar refractivity (Wildman–Crippen MR) is 73.5 cm³/mol. The van der Waals surface area contributed by atoms with Crippen molar-refractivity contribution >= 4 is 6.03 Å². The standard InChI is InChI=1S/C15H22N2O/c1-4-12(3)16-14(18)17-15(9-10-15)13-7-5-11(2)6-8-13/h5-8,12H,4,9-10H2,1-3H3,(H2,16,17,18). The van der Waals surface area contributed by atoms with Crippen LogP contribution in [0.5, 0.6) is 0 Å². The third kappa shape index (κ3) is 2.84. The zero-order chi connectivity index (χ0) is 13.2. The number of hydrogen-bond acceptors (Lipinski definition) is 1. The van der Waals surface area contributed by atoms with Gasteiger partial charge in [-0.3, -0.25) is 0 Å². The van der Waals surface area contributed by atoms with E-state index >= 15 is 0 Å². The van der Waals surface area contributed by atoms with Gasteiger partial charge in [0.2, 0.25) is 0 Å². The molecule has 1 saturated carbocycles. The highest BCUT2D eigenvalue weighted by Gasteiger charge is 2.45. The second-order valence-corrected chi connectivity index (χ2v) is 5.36. The van der Waals surface area contributed by atoms with E-state index in [0.717, 1.165) is 19.3 Å². The lowest BCUT2D eigenvalue weighted by Gasteiger charge is -2.20. The molecule has 1 aromatic carbocycles. The van der Waals surface area contributed by atoms with Crippen LogP contribution in [0.4, 0.5) is 4.79 Å². The number of hydrogen-bond donors (Lipinski definition) is 2. The lowest BCUT2D eigenvalue weighted by molar-refractivity contribution is 0.232. The van der Waals surface area contributed by atoms with E-state index in [1.807, 2.05) is 6.92 Å². The number of rotatable bonds is 4. The van der Waals surface area contributed by atoms with Crippen molar-refractivity contribution in [2.75, 3.05) is 0 Å². The van der Waals surface area contributed by atoms with Crippen molar-refractivity contribution in [1.29, 1.82) is 0 Å². The van der Waals surface area contributed by atoms with E-state index in [1.165, 1.54) is 11.1 Å². The third-order valence-electron chi connectivity index (χ3n) is 3.70. The molecular weight excluding hydrogens is 224 g/mol. The Balaban J connectivity index is 2.00. The highest BCUT2D eigenvalue weighted by Crippen LogP contribution is 2.45. The summed E-state index contributed by atoms with van der Waals surface area (Å²) in [5.41, 5.74) is 2.34. The minimum Gasteiger partial charge on any atom is -0.336 e. The minimum absolute atomic E-state index is 0.0533. The molecule has 0 aliphatic heterocycles. The quantitative estimate of drug-likeness (QED) is 0.842. The Morgan fingerprint density at radius 2 is 1.94 bits per heavy atom. The minimum atomic E-state index is -0.120. The largest absolute Gasteiger partial charge is 0.336 e. The number of nitrogens with one attached hydrogen (secondary N) is 2. The van der Waals surface area contributed by atoms with Gasteiger partial charge in [-0.05, 0) is 38.7 Å². The molecule has 18 heavy (non-hydrogen) atoms. The molecule has 0 heterocycles. The second kappa shape index (κ2) is 5.01. The molecule has 2 amide bonds. The number of benzene rings is 1. The van der Waals surface area contributed by atoms with E-state index in [2.05, 4.69) is 48.7 Å². The molecule has 3 heteroatoms. The van der Waals surface area contributed by atoms with Crippen molar-refractivity contribution in [1.82, 2.24) is 10.6 Å². The van der Waals surface area contributed by atoms with Crippen LogP contribution in [-0.4, -0.2) is 12.1 Å². The number of urea groups is 1. The monoisotopic (exact) mass is 246 g/mol. The molecule has 2 rings (SSSR count). The van der Waals surface area contributed by atoms with Crippen LogP contribution in [0.25, 0.3) is 0 Å². The van der Waals surface area contributed by atoms with Crippen LogP contribution in [0, 0.1) is 6.92 Å². The average Bonchev–Trinajstić information content (AvgIpc) is 3.10. The normalized spacial score (nSPS) is 17.9. The van der Waals surface area contributed by atoms with Gasteiger partial charge < -0.3 is 10.6 Å². The van der Waals surface area contributed by atoms with Gasteiger partial charge in [-0.2, -0.15) is 0 Å². The van der Waals surface area contributed by atoms with Crippen LogP contribution in [0.2, 0.25) is 0 Å². The lowest BCUT2D eigenvalue weighted by Crippen LogP contribution is -2.45. The van der Waals surface area contributed by atoms with Gasteiger partial charge in [0.15, 0.2) is 0 Å². The zero-order valence-electron chi connectivity index (χ0n) is 11.4. The maximum Gasteiger partial charge on any atom is 0.315 e. The van der Waals surface area contributed by atoms with E-state index < -0.39 is 0 Å². The summed E-state index contributed by atoms with van der Waals surface area (Å²) >= 11 is 0. The van der Waals surface area contributed by atoms with Crippen molar-refractivity contribution in [2.24, 2.45) is 0 Å². The van der Waals surface area contributed by atoms with Crippen LogP contribution in [0.1, 0.15) is 44.2 Å². The summed E-state index contributed by atoms with van der Waals surface area (Å²) in [7, 11) is 0. The zero-order valence-corrected chi connectivity index (χ0v) is 11.4. The fraction of sp³-hybridized carbons (Fsp3) is 0.533. The molecule has 0 bridgehead atoms. The van der Waals surface area contributed by atoms with Gasteiger partial charge >= 0.3 is 6.03 Å². The van der Waals surface area contributed by atoms with E-state index in [1.54, 1.807) is 0 Å². The Morgan fingerprint density at radius 1 is 1.33 bits per heavy atom. The second-order valence-electron chi connectivity index (χ2n) is 5.36. The molecule has 1 fully saturated rings. The summed E-state index contributed by atoms with van der Waals surface area (Å²) in [6.45, 7) is 6.16. The Hall–Kier alpha value is -1.51. The summed E-state index contributed by atoms with van der Waals surface area (Å²) < 4.78 is 0. The van der Waals surface area contributed by atoms with E-state index in [0.29, 0.717) is 0 Å². The Labute approximate surface area is 109 Å². The number of carbonyl (C=O) groups excluding carboxylic acids is 1. The van der Waals surface area contributed by atoms with Gasteiger partial charge in [0.1, 0.15) is 0 Å². The molecule has 2 N–H and O–H groups in total. The first-order valence-corrected chi connectivity index (χ1v) is 6.71. The Bertz CT molecular complexity index is 421. The molecule has 3 nitrogen and oxygen atoms in total. The van der Waals surface area contributed by atoms with Gasteiger partial charge in [0, 0.05) is 6.04 Å². The van der Waals surface area contributed by atoms with Gasteiger partial charge in [0.05, 0.1) is 5.54 Å². The molecule has 98 valence electrons. The van der Waals surface area contributed by atoms with Crippen molar-refractivity contribution in [3.8, 4) is 0 Å². The smallest absolute Gasteiger partial charge is 0.315 e. The van der Waals surface area contributed by atoms with Crippen molar-refractivity contribution in [2.45, 2.75) is 51.6 Å². The van der Waals surface area contributed by atoms with Gasteiger partial charge in [-0.15, -0.1) is 0 Å². The molecular formula is C15H22N2O. The van der Waals surface area contributed by atoms with Crippen LogP contribution in [-0.2, 0) is 5.54 Å². The molecule has 1 aliphatic rings. The maximum absolute atomic E-state index is 11.9. The van der Waals surface area contributed by atoms with Gasteiger partial charge in [0.25, 0.3) is 0 Å². The summed E-state index contributed by atoms with van der Waals surface area (Å²) in [4.78, 5) is 11.9. The van der Waals surface area contributed by atoms with E-state index in [-0.39, 0.29) is 17.6 Å². The molecule has 0 radical (unpaired) electrons.